The van der Waals surface area contributed by atoms with E-state index in [4.69, 9.17) is 5.26 Å². The molecular formula is C19H18CoN4O2. The van der Waals surface area contributed by atoms with Crippen molar-refractivity contribution < 1.29 is 27.0 Å². The zero-order valence-electron chi connectivity index (χ0n) is 14.1. The van der Waals surface area contributed by atoms with Crippen LogP contribution in [0.1, 0.15) is 29.5 Å². The van der Waals surface area contributed by atoms with Gasteiger partial charge in [0.05, 0.1) is 11.6 Å². The van der Waals surface area contributed by atoms with Gasteiger partial charge in [-0.1, -0.05) is 0 Å². The van der Waals surface area contributed by atoms with Crippen LogP contribution in [0.3, 0.4) is 0 Å². The fourth-order valence-electron chi connectivity index (χ4n) is 3.68. The Balaban J connectivity index is 0.00000196. The van der Waals surface area contributed by atoms with Gasteiger partial charge >= 0.3 is 0 Å². The van der Waals surface area contributed by atoms with Gasteiger partial charge in [-0.25, -0.2) is 0 Å². The van der Waals surface area contributed by atoms with Gasteiger partial charge in [0, 0.05) is 41.1 Å². The molecule has 0 saturated carbocycles. The molecule has 26 heavy (non-hydrogen) atoms. The van der Waals surface area contributed by atoms with E-state index in [0.29, 0.717) is 11.3 Å². The van der Waals surface area contributed by atoms with Gasteiger partial charge in [-0.3, -0.25) is 0 Å². The Morgan fingerprint density at radius 3 is 2.50 bits per heavy atom. The Hall–Kier alpha value is -2.56. The molecule has 2 N–H and O–H groups in total. The molecule has 0 aliphatic carbocycles. The number of aromatic hydroxyl groups is 2. The maximum absolute atomic E-state index is 10.6. The summed E-state index contributed by atoms with van der Waals surface area (Å²) in [4.78, 5) is 2.35. The summed E-state index contributed by atoms with van der Waals surface area (Å²) in [5.74, 6) is 0.123. The van der Waals surface area contributed by atoms with Gasteiger partial charge in [-0.15, -0.1) is 10.2 Å². The number of nitrogens with zero attached hydrogens (tertiary/aromatic N) is 4. The maximum atomic E-state index is 10.6. The molecule has 0 amide bonds. The number of hydrogen-bond donors (Lipinski definition) is 2. The molecule has 0 aromatic heterocycles. The van der Waals surface area contributed by atoms with Crippen molar-refractivity contribution in [1.82, 2.24) is 0 Å². The summed E-state index contributed by atoms with van der Waals surface area (Å²) in [5, 5.41) is 37.7. The molecule has 0 fully saturated rings. The monoisotopic (exact) mass is 393 g/mol. The summed E-state index contributed by atoms with van der Waals surface area (Å²) < 4.78 is 0. The SMILES string of the molecule is N#Cc1ccc(O)c(N=Nc2cc3c4c(c2O)CCCN4CCC3)c1.[Co]. The van der Waals surface area contributed by atoms with E-state index in [0.717, 1.165) is 44.3 Å². The average molecular weight is 393 g/mol. The molecule has 0 spiro atoms. The number of benzene rings is 2. The van der Waals surface area contributed by atoms with Crippen LogP contribution in [0, 0.1) is 11.3 Å². The molecule has 0 saturated heterocycles. The second kappa shape index (κ2) is 7.36. The van der Waals surface area contributed by atoms with E-state index in [1.165, 1.54) is 29.4 Å². The number of nitriles is 1. The smallest absolute Gasteiger partial charge is 0.148 e. The van der Waals surface area contributed by atoms with E-state index in [1.807, 2.05) is 12.1 Å². The number of phenols is 2. The molecule has 2 aliphatic heterocycles. The Bertz CT molecular complexity index is 919. The summed E-state index contributed by atoms with van der Waals surface area (Å²) in [7, 11) is 0. The van der Waals surface area contributed by atoms with E-state index in [9.17, 15) is 10.2 Å². The first-order valence-electron chi connectivity index (χ1n) is 8.45. The average Bonchev–Trinajstić information content (AvgIpc) is 2.64. The van der Waals surface area contributed by atoms with Crippen LogP contribution in [-0.4, -0.2) is 23.3 Å². The molecule has 2 aromatic rings. The van der Waals surface area contributed by atoms with Crippen LogP contribution in [0.25, 0.3) is 0 Å². The molecule has 135 valence electrons. The van der Waals surface area contributed by atoms with Crippen LogP contribution in [-0.2, 0) is 29.6 Å². The fraction of sp³-hybridized carbons (Fsp3) is 0.316. The summed E-state index contributed by atoms with van der Waals surface area (Å²) >= 11 is 0. The van der Waals surface area contributed by atoms with Crippen LogP contribution >= 0.6 is 0 Å². The van der Waals surface area contributed by atoms with Crippen molar-refractivity contribution >= 4 is 17.1 Å². The van der Waals surface area contributed by atoms with Gasteiger partial charge in [0.25, 0.3) is 0 Å². The zero-order chi connectivity index (χ0) is 17.4. The molecule has 7 heteroatoms. The first kappa shape index (κ1) is 18.2. The third kappa shape index (κ3) is 3.14. The van der Waals surface area contributed by atoms with Gasteiger partial charge in [0.1, 0.15) is 22.9 Å². The van der Waals surface area contributed by atoms with Crippen LogP contribution in [0.15, 0.2) is 34.5 Å². The Kier molecular flexibility index (Phi) is 5.16. The standard InChI is InChI=1S/C19H18N4O2.Co/c20-11-12-5-6-17(24)15(9-12)21-22-16-10-13-3-1-7-23-8-2-4-14(18(13)23)19(16)25;/h5-6,9-10,24-25H,1-4,7-8H2;. The molecule has 0 bridgehead atoms. The largest absolute Gasteiger partial charge is 0.506 e. The van der Waals surface area contributed by atoms with Crippen molar-refractivity contribution in [1.29, 1.82) is 5.26 Å². The van der Waals surface area contributed by atoms with Crippen molar-refractivity contribution in [2.45, 2.75) is 25.7 Å². The van der Waals surface area contributed by atoms with Crippen molar-refractivity contribution in [2.24, 2.45) is 10.2 Å². The quantitative estimate of drug-likeness (QED) is 0.752. The van der Waals surface area contributed by atoms with Crippen LogP contribution in [0.2, 0.25) is 0 Å². The van der Waals surface area contributed by atoms with Crippen molar-refractivity contribution in [2.75, 3.05) is 18.0 Å². The number of phenolic OH excluding ortho intramolecular Hbond substituents is 2. The topological polar surface area (TPSA) is 92.2 Å². The summed E-state index contributed by atoms with van der Waals surface area (Å²) in [6.45, 7) is 2.07. The molecule has 2 heterocycles. The van der Waals surface area contributed by atoms with Crippen molar-refractivity contribution in [3.8, 4) is 17.6 Å². The van der Waals surface area contributed by atoms with Crippen LogP contribution in [0.5, 0.6) is 11.5 Å². The third-order valence-electron chi connectivity index (χ3n) is 4.84. The summed E-state index contributed by atoms with van der Waals surface area (Å²) in [5.41, 5.74) is 4.34. The molecule has 1 radical (unpaired) electrons. The Morgan fingerprint density at radius 1 is 1.00 bits per heavy atom. The molecular weight excluding hydrogens is 375 g/mol. The number of azo groups is 1. The number of anilines is 1. The normalized spacial score (nSPS) is 15.3. The first-order valence-corrected chi connectivity index (χ1v) is 8.45. The maximum Gasteiger partial charge on any atom is 0.148 e. The molecule has 4 rings (SSSR count). The molecule has 2 aromatic carbocycles. The second-order valence-electron chi connectivity index (χ2n) is 6.44. The van der Waals surface area contributed by atoms with Gasteiger partial charge in [0.15, 0.2) is 0 Å². The van der Waals surface area contributed by atoms with Crippen molar-refractivity contribution in [3.63, 3.8) is 0 Å². The van der Waals surface area contributed by atoms with E-state index in [2.05, 4.69) is 15.1 Å². The third-order valence-corrected chi connectivity index (χ3v) is 4.84. The first-order chi connectivity index (χ1) is 12.2. The van der Waals surface area contributed by atoms with Crippen LogP contribution < -0.4 is 4.90 Å². The van der Waals surface area contributed by atoms with E-state index >= 15 is 0 Å². The Morgan fingerprint density at radius 2 is 1.73 bits per heavy atom. The minimum Gasteiger partial charge on any atom is -0.506 e. The molecule has 0 unspecified atom stereocenters. The molecule has 0 atom stereocenters. The molecule has 6 nitrogen and oxygen atoms in total. The number of hydrogen-bond acceptors (Lipinski definition) is 6. The minimum absolute atomic E-state index is 0. The van der Waals surface area contributed by atoms with E-state index < -0.39 is 0 Å². The zero-order valence-corrected chi connectivity index (χ0v) is 15.1. The molecule has 2 aliphatic rings. The van der Waals surface area contributed by atoms with Gasteiger partial charge in [0.2, 0.25) is 0 Å². The fourth-order valence-corrected chi connectivity index (χ4v) is 3.68. The number of rotatable bonds is 2. The Labute approximate surface area is 162 Å². The predicted octanol–water partition coefficient (Wildman–Crippen LogP) is 4.08. The van der Waals surface area contributed by atoms with Crippen LogP contribution in [0.4, 0.5) is 17.1 Å². The minimum atomic E-state index is -0.0484. The summed E-state index contributed by atoms with van der Waals surface area (Å²) in [6, 6.07) is 8.30. The van der Waals surface area contributed by atoms with Gasteiger partial charge in [-0.2, -0.15) is 5.26 Å². The number of aryl methyl sites for hydroxylation is 1. The summed E-state index contributed by atoms with van der Waals surface area (Å²) in [6.07, 6.45) is 3.92. The van der Waals surface area contributed by atoms with Crippen molar-refractivity contribution in [3.05, 3.63) is 41.0 Å². The van der Waals surface area contributed by atoms with E-state index in [1.54, 1.807) is 0 Å². The van der Waals surface area contributed by atoms with Gasteiger partial charge < -0.3 is 15.1 Å². The predicted molar refractivity (Wildman–Crippen MR) is 94.0 cm³/mol. The second-order valence-corrected chi connectivity index (χ2v) is 6.44. The van der Waals surface area contributed by atoms with E-state index in [-0.39, 0.29) is 34.0 Å². The van der Waals surface area contributed by atoms with Gasteiger partial charge in [-0.05, 0) is 55.5 Å².